The molecule has 86 valence electrons. The Bertz CT molecular complexity index is 408. The number of nitrogens with two attached hydrogens (primary N) is 1. The van der Waals surface area contributed by atoms with Crippen LogP contribution in [-0.2, 0) is 12.8 Å². The number of aliphatic hydroxyl groups is 1. The van der Waals surface area contributed by atoms with Crippen molar-refractivity contribution in [2.45, 2.75) is 24.8 Å². The fourth-order valence-electron chi connectivity index (χ4n) is 2.47. The molecule has 1 aromatic carbocycles. The number of aliphatic hydroxyl groups excluding tert-OH is 1. The highest BCUT2D eigenvalue weighted by atomic mass is 16.5. The zero-order valence-electron chi connectivity index (χ0n) is 9.92. The number of fused-ring (bicyclic) bond motifs is 1. The number of rotatable bonds is 2. The minimum atomic E-state index is -0.478. The highest BCUT2D eigenvalue weighted by Crippen LogP contribution is 2.31. The number of benzene rings is 1. The molecule has 1 aliphatic rings. The zero-order chi connectivity index (χ0) is 11.8. The lowest BCUT2D eigenvalue weighted by Gasteiger charge is -2.34. The van der Waals surface area contributed by atoms with Gasteiger partial charge >= 0.3 is 0 Å². The van der Waals surface area contributed by atoms with Crippen LogP contribution in [0.2, 0.25) is 0 Å². The molecule has 0 spiro atoms. The molecular formula is C12H18BNO2. The summed E-state index contributed by atoms with van der Waals surface area (Å²) in [6.45, 7) is 0.0313. The van der Waals surface area contributed by atoms with Gasteiger partial charge in [0.2, 0.25) is 0 Å². The molecule has 0 radical (unpaired) electrons. The van der Waals surface area contributed by atoms with Gasteiger partial charge in [0.1, 0.15) is 13.6 Å². The molecule has 0 heterocycles. The van der Waals surface area contributed by atoms with E-state index < -0.39 is 5.54 Å². The van der Waals surface area contributed by atoms with E-state index in [1.807, 2.05) is 6.07 Å². The van der Waals surface area contributed by atoms with Crippen molar-refractivity contribution < 1.29 is 9.84 Å². The van der Waals surface area contributed by atoms with Crippen molar-refractivity contribution in [1.29, 1.82) is 0 Å². The summed E-state index contributed by atoms with van der Waals surface area (Å²) in [5.41, 5.74) is 9.46. The van der Waals surface area contributed by atoms with Crippen molar-refractivity contribution in [1.82, 2.24) is 0 Å². The van der Waals surface area contributed by atoms with Crippen molar-refractivity contribution >= 4 is 13.3 Å². The molecule has 1 aliphatic carbocycles. The van der Waals surface area contributed by atoms with E-state index in [-0.39, 0.29) is 6.61 Å². The second kappa shape index (κ2) is 4.11. The van der Waals surface area contributed by atoms with Gasteiger partial charge in [-0.05, 0) is 36.5 Å². The molecule has 0 fully saturated rings. The fraction of sp³-hybridized carbons (Fsp3) is 0.500. The highest BCUT2D eigenvalue weighted by molar-refractivity contribution is 6.33. The molecule has 3 nitrogen and oxygen atoms in total. The Hall–Kier alpha value is -0.995. The van der Waals surface area contributed by atoms with Crippen molar-refractivity contribution in [2.75, 3.05) is 13.7 Å². The first kappa shape index (κ1) is 11.5. The molecule has 0 saturated carbocycles. The van der Waals surface area contributed by atoms with E-state index >= 15 is 0 Å². The van der Waals surface area contributed by atoms with Crippen molar-refractivity contribution in [3.05, 3.63) is 23.3 Å². The van der Waals surface area contributed by atoms with Crippen LogP contribution in [0.4, 0.5) is 0 Å². The standard InChI is InChI=1S/C12H18BNO2/c1-16-11-3-2-10(13)8-4-5-12(14,7-15)6-9(8)11/h2-3,15H,4-7,13-14H2,1H3. The van der Waals surface area contributed by atoms with Gasteiger partial charge in [0.05, 0.1) is 13.7 Å². The average Bonchev–Trinajstić information content (AvgIpc) is 2.29. The lowest BCUT2D eigenvalue weighted by Crippen LogP contribution is -2.49. The fourth-order valence-corrected chi connectivity index (χ4v) is 2.47. The Morgan fingerprint density at radius 3 is 2.88 bits per heavy atom. The van der Waals surface area contributed by atoms with Gasteiger partial charge in [-0.25, -0.2) is 0 Å². The molecule has 0 aromatic heterocycles. The lowest BCUT2D eigenvalue weighted by molar-refractivity contribution is 0.180. The minimum absolute atomic E-state index is 0.0313. The van der Waals surface area contributed by atoms with Gasteiger partial charge in [-0.3, -0.25) is 0 Å². The summed E-state index contributed by atoms with van der Waals surface area (Å²) in [5.74, 6) is 0.892. The number of hydrogen-bond acceptors (Lipinski definition) is 3. The first-order valence-electron chi connectivity index (χ1n) is 5.65. The maximum atomic E-state index is 9.34. The van der Waals surface area contributed by atoms with Crippen molar-refractivity contribution in [3.8, 4) is 5.75 Å². The predicted octanol–water partition coefficient (Wildman–Crippen LogP) is -0.868. The summed E-state index contributed by atoms with van der Waals surface area (Å²) in [6.07, 6.45) is 2.46. The summed E-state index contributed by atoms with van der Waals surface area (Å²) in [6, 6.07) is 4.07. The van der Waals surface area contributed by atoms with Gasteiger partial charge in [0.25, 0.3) is 0 Å². The largest absolute Gasteiger partial charge is 0.496 e. The van der Waals surface area contributed by atoms with E-state index in [0.29, 0.717) is 6.42 Å². The van der Waals surface area contributed by atoms with E-state index in [2.05, 4.69) is 13.9 Å². The Balaban J connectivity index is 2.46. The minimum Gasteiger partial charge on any atom is -0.496 e. The molecule has 16 heavy (non-hydrogen) atoms. The third-order valence-electron chi connectivity index (χ3n) is 3.56. The third-order valence-corrected chi connectivity index (χ3v) is 3.56. The first-order chi connectivity index (χ1) is 7.59. The molecule has 4 heteroatoms. The molecule has 2 rings (SSSR count). The molecule has 0 amide bonds. The van der Waals surface area contributed by atoms with Crippen molar-refractivity contribution in [3.63, 3.8) is 0 Å². The van der Waals surface area contributed by atoms with Crippen LogP contribution in [0.25, 0.3) is 0 Å². The molecule has 0 saturated heterocycles. The van der Waals surface area contributed by atoms with E-state index in [1.165, 1.54) is 16.6 Å². The highest BCUT2D eigenvalue weighted by Gasteiger charge is 2.32. The summed E-state index contributed by atoms with van der Waals surface area (Å²) < 4.78 is 5.37. The van der Waals surface area contributed by atoms with Crippen LogP contribution in [0, 0.1) is 0 Å². The number of methoxy groups -OCH3 is 1. The topological polar surface area (TPSA) is 55.5 Å². The Kier molecular flexibility index (Phi) is 2.95. The van der Waals surface area contributed by atoms with E-state index in [0.717, 1.165) is 18.6 Å². The summed E-state index contributed by atoms with van der Waals surface area (Å²) in [7, 11) is 3.79. The van der Waals surface area contributed by atoms with Crippen molar-refractivity contribution in [2.24, 2.45) is 5.73 Å². The maximum absolute atomic E-state index is 9.34. The SMILES string of the molecule is Bc1ccc(OC)c2c1CCC(N)(CO)C2. The number of hydrogen-bond donors (Lipinski definition) is 2. The predicted molar refractivity (Wildman–Crippen MR) is 67.2 cm³/mol. The van der Waals surface area contributed by atoms with Gasteiger partial charge in [-0.1, -0.05) is 11.5 Å². The van der Waals surface area contributed by atoms with Crippen LogP contribution in [0.5, 0.6) is 5.75 Å². The van der Waals surface area contributed by atoms with Crippen LogP contribution in [0.1, 0.15) is 17.5 Å². The van der Waals surface area contributed by atoms with Gasteiger partial charge in [-0.2, -0.15) is 0 Å². The van der Waals surface area contributed by atoms with Gasteiger partial charge < -0.3 is 15.6 Å². The Morgan fingerprint density at radius 2 is 2.25 bits per heavy atom. The molecule has 0 aliphatic heterocycles. The zero-order valence-corrected chi connectivity index (χ0v) is 9.92. The van der Waals surface area contributed by atoms with E-state index in [4.69, 9.17) is 10.5 Å². The summed E-state index contributed by atoms with van der Waals surface area (Å²) >= 11 is 0. The smallest absolute Gasteiger partial charge is 0.139 e. The molecular weight excluding hydrogens is 201 g/mol. The first-order valence-corrected chi connectivity index (χ1v) is 5.65. The van der Waals surface area contributed by atoms with Gasteiger partial charge in [0, 0.05) is 5.54 Å². The Labute approximate surface area is 97.0 Å². The molecule has 1 unspecified atom stereocenters. The average molecular weight is 219 g/mol. The van der Waals surface area contributed by atoms with Crippen LogP contribution >= 0.6 is 0 Å². The molecule has 3 N–H and O–H groups in total. The van der Waals surface area contributed by atoms with Crippen LogP contribution in [0.3, 0.4) is 0 Å². The number of ether oxygens (including phenoxy) is 1. The summed E-state index contributed by atoms with van der Waals surface area (Å²) in [4.78, 5) is 0. The normalized spacial score (nSPS) is 23.9. The maximum Gasteiger partial charge on any atom is 0.139 e. The third kappa shape index (κ3) is 1.83. The van der Waals surface area contributed by atoms with Crippen LogP contribution < -0.4 is 15.9 Å². The molecule has 1 aromatic rings. The monoisotopic (exact) mass is 219 g/mol. The summed E-state index contributed by atoms with van der Waals surface area (Å²) in [5, 5.41) is 9.34. The van der Waals surface area contributed by atoms with Crippen LogP contribution in [-0.4, -0.2) is 32.2 Å². The molecule has 0 bridgehead atoms. The second-order valence-corrected chi connectivity index (χ2v) is 4.74. The van der Waals surface area contributed by atoms with Crippen LogP contribution in [0.15, 0.2) is 12.1 Å². The van der Waals surface area contributed by atoms with E-state index in [1.54, 1.807) is 7.11 Å². The van der Waals surface area contributed by atoms with E-state index in [9.17, 15) is 5.11 Å². The Morgan fingerprint density at radius 1 is 1.50 bits per heavy atom. The molecule has 1 atom stereocenters. The lowest BCUT2D eigenvalue weighted by atomic mass is 9.74. The van der Waals surface area contributed by atoms with Gasteiger partial charge in [-0.15, -0.1) is 0 Å². The quantitative estimate of drug-likeness (QED) is 0.636. The van der Waals surface area contributed by atoms with Gasteiger partial charge in [0.15, 0.2) is 0 Å². The second-order valence-electron chi connectivity index (χ2n) is 4.74.